The summed E-state index contributed by atoms with van der Waals surface area (Å²) in [5.41, 5.74) is 1.19. The first-order valence-corrected chi connectivity index (χ1v) is 5.51. The summed E-state index contributed by atoms with van der Waals surface area (Å²) in [6.45, 7) is 4.55. The Morgan fingerprint density at radius 1 is 1.47 bits per heavy atom. The quantitative estimate of drug-likeness (QED) is 0.744. The summed E-state index contributed by atoms with van der Waals surface area (Å²) < 4.78 is 5.44. The molecule has 1 rings (SSSR count). The van der Waals surface area contributed by atoms with E-state index in [1.54, 1.807) is 13.0 Å². The van der Waals surface area contributed by atoms with Crippen molar-refractivity contribution in [2.24, 2.45) is 0 Å². The molecule has 0 amide bonds. The molecule has 0 saturated carbocycles. The number of carboxylic acid groups (broad SMARTS) is 1. The number of nitrogens with one attached hydrogen (secondary N) is 1. The van der Waals surface area contributed by atoms with Crippen LogP contribution in [0, 0.1) is 0 Å². The van der Waals surface area contributed by atoms with Crippen molar-refractivity contribution in [3.63, 3.8) is 0 Å². The van der Waals surface area contributed by atoms with Crippen LogP contribution in [0.3, 0.4) is 0 Å². The number of carbonyl (C=O) groups is 1. The molecule has 0 radical (unpaired) electrons. The van der Waals surface area contributed by atoms with E-state index in [0.29, 0.717) is 18.7 Å². The lowest BCUT2D eigenvalue weighted by Crippen LogP contribution is -2.04. The fourth-order valence-electron chi connectivity index (χ4n) is 1.30. The van der Waals surface area contributed by atoms with Crippen molar-refractivity contribution in [1.29, 1.82) is 0 Å². The highest BCUT2D eigenvalue weighted by Crippen LogP contribution is 2.23. The zero-order valence-electron chi connectivity index (χ0n) is 10.1. The van der Waals surface area contributed by atoms with Crippen LogP contribution in [0.2, 0.25) is 0 Å². The van der Waals surface area contributed by atoms with E-state index in [9.17, 15) is 4.79 Å². The molecule has 0 aliphatic rings. The summed E-state index contributed by atoms with van der Waals surface area (Å²) in [5.74, 6) is -0.124. The minimum absolute atomic E-state index is 0.325. The van der Waals surface area contributed by atoms with Gasteiger partial charge in [-0.2, -0.15) is 0 Å². The van der Waals surface area contributed by atoms with Gasteiger partial charge in [-0.05, 0) is 26.0 Å². The Kier molecular flexibility index (Phi) is 5.07. The van der Waals surface area contributed by atoms with Crippen molar-refractivity contribution < 1.29 is 14.6 Å². The molecule has 0 unspecified atom stereocenters. The minimum atomic E-state index is -0.898. The molecule has 0 saturated heterocycles. The van der Waals surface area contributed by atoms with Crippen LogP contribution in [0.5, 0.6) is 5.75 Å². The molecule has 0 atom stereocenters. The third-order valence-electron chi connectivity index (χ3n) is 2.23. The lowest BCUT2D eigenvalue weighted by atomic mass is 10.2. The first-order chi connectivity index (χ1) is 8.15. The van der Waals surface area contributed by atoms with Crippen molar-refractivity contribution in [1.82, 2.24) is 0 Å². The smallest absolute Gasteiger partial charge is 0.331 e. The molecule has 0 bridgehead atoms. The van der Waals surface area contributed by atoms with Gasteiger partial charge in [0.25, 0.3) is 0 Å². The van der Waals surface area contributed by atoms with Crippen LogP contribution >= 0.6 is 0 Å². The number of carboxylic acids is 1. The first kappa shape index (κ1) is 13.1. The second kappa shape index (κ2) is 6.58. The van der Waals surface area contributed by atoms with Gasteiger partial charge in [0.05, 0.1) is 12.3 Å². The molecule has 0 heterocycles. The van der Waals surface area contributed by atoms with Crippen LogP contribution in [-0.4, -0.2) is 24.2 Å². The van der Waals surface area contributed by atoms with Gasteiger partial charge in [0, 0.05) is 12.1 Å². The third-order valence-corrected chi connectivity index (χ3v) is 2.23. The Balaban J connectivity index is 2.63. The summed E-state index contributed by atoms with van der Waals surface area (Å²) in [6.07, 6.45) is 1.63. The summed E-state index contributed by atoms with van der Waals surface area (Å²) in [7, 11) is 0. The maximum Gasteiger partial charge on any atom is 0.331 e. The first-order valence-electron chi connectivity index (χ1n) is 5.51. The molecule has 92 valence electrons. The van der Waals surface area contributed by atoms with E-state index in [-0.39, 0.29) is 0 Å². The lowest BCUT2D eigenvalue weighted by Gasteiger charge is -2.10. The summed E-state index contributed by atoms with van der Waals surface area (Å²) >= 11 is 0. The third kappa shape index (κ3) is 4.18. The van der Waals surface area contributed by atoms with E-state index in [1.165, 1.54) is 0 Å². The van der Waals surface area contributed by atoms with E-state index in [4.69, 9.17) is 9.84 Å². The fraction of sp³-hybridized carbons (Fsp3) is 0.308. The van der Waals surface area contributed by atoms with Crippen LogP contribution < -0.4 is 10.1 Å². The average Bonchev–Trinajstić information content (AvgIpc) is 2.31. The second-order valence-corrected chi connectivity index (χ2v) is 3.50. The summed E-state index contributed by atoms with van der Waals surface area (Å²) in [5, 5.41) is 11.8. The number of hydrogen-bond donors (Lipinski definition) is 2. The largest absolute Gasteiger partial charge is 0.492 e. The Morgan fingerprint density at radius 2 is 2.18 bits per heavy atom. The number of anilines is 1. The highest BCUT2D eigenvalue weighted by molar-refractivity contribution is 5.85. The van der Waals surface area contributed by atoms with Gasteiger partial charge in [0.1, 0.15) is 5.75 Å². The number of para-hydroxylation sites is 2. The second-order valence-electron chi connectivity index (χ2n) is 3.50. The molecule has 0 aromatic heterocycles. The van der Waals surface area contributed by atoms with Gasteiger partial charge in [0.15, 0.2) is 0 Å². The van der Waals surface area contributed by atoms with Gasteiger partial charge in [0.2, 0.25) is 0 Å². The van der Waals surface area contributed by atoms with E-state index in [1.807, 2.05) is 31.2 Å². The normalized spacial score (nSPS) is 11.1. The average molecular weight is 235 g/mol. The Hall–Kier alpha value is -1.97. The SMILES string of the molecule is CCOc1ccccc1NC/C=C(/C)C(=O)O. The number of rotatable bonds is 6. The van der Waals surface area contributed by atoms with E-state index < -0.39 is 5.97 Å². The predicted molar refractivity (Wildman–Crippen MR) is 67.5 cm³/mol. The van der Waals surface area contributed by atoms with Crippen molar-refractivity contribution in [3.05, 3.63) is 35.9 Å². The van der Waals surface area contributed by atoms with Gasteiger partial charge < -0.3 is 15.2 Å². The molecule has 2 N–H and O–H groups in total. The van der Waals surface area contributed by atoms with Crippen LogP contribution in [0.4, 0.5) is 5.69 Å². The van der Waals surface area contributed by atoms with Gasteiger partial charge >= 0.3 is 5.97 Å². The summed E-state index contributed by atoms with van der Waals surface area (Å²) in [6, 6.07) is 7.57. The van der Waals surface area contributed by atoms with Crippen molar-refractivity contribution in [3.8, 4) is 5.75 Å². The number of ether oxygens (including phenoxy) is 1. The number of benzene rings is 1. The highest BCUT2D eigenvalue weighted by Gasteiger charge is 2.01. The van der Waals surface area contributed by atoms with Crippen LogP contribution in [-0.2, 0) is 4.79 Å². The number of aliphatic carboxylic acids is 1. The van der Waals surface area contributed by atoms with E-state index >= 15 is 0 Å². The van der Waals surface area contributed by atoms with Crippen LogP contribution in [0.25, 0.3) is 0 Å². The Bertz CT molecular complexity index is 413. The minimum Gasteiger partial charge on any atom is -0.492 e. The summed E-state index contributed by atoms with van der Waals surface area (Å²) in [4.78, 5) is 10.6. The maximum atomic E-state index is 10.6. The Labute approximate surface area is 101 Å². The topological polar surface area (TPSA) is 58.6 Å². The van der Waals surface area contributed by atoms with Gasteiger partial charge in [-0.15, -0.1) is 0 Å². The molecule has 0 aliphatic carbocycles. The molecular weight excluding hydrogens is 218 g/mol. The predicted octanol–water partition coefficient (Wildman–Crippen LogP) is 2.53. The molecule has 0 spiro atoms. The molecule has 0 aliphatic heterocycles. The Morgan fingerprint density at radius 3 is 2.82 bits per heavy atom. The molecule has 0 fully saturated rings. The molecule has 1 aromatic rings. The van der Waals surface area contributed by atoms with Crippen LogP contribution in [0.15, 0.2) is 35.9 Å². The molecular formula is C13H17NO3. The van der Waals surface area contributed by atoms with Gasteiger partial charge in [-0.25, -0.2) is 4.79 Å². The zero-order chi connectivity index (χ0) is 12.7. The molecule has 4 heteroatoms. The lowest BCUT2D eigenvalue weighted by molar-refractivity contribution is -0.132. The molecule has 17 heavy (non-hydrogen) atoms. The monoisotopic (exact) mass is 235 g/mol. The standard InChI is InChI=1S/C13H17NO3/c1-3-17-12-7-5-4-6-11(12)14-9-8-10(2)13(15)16/h4-8,14H,3,9H2,1-2H3,(H,15,16)/b10-8-. The van der Waals surface area contributed by atoms with Gasteiger partial charge in [-0.3, -0.25) is 0 Å². The highest BCUT2D eigenvalue weighted by atomic mass is 16.5. The fourth-order valence-corrected chi connectivity index (χ4v) is 1.30. The molecule has 1 aromatic carbocycles. The number of hydrogen-bond acceptors (Lipinski definition) is 3. The van der Waals surface area contributed by atoms with E-state index in [2.05, 4.69) is 5.32 Å². The van der Waals surface area contributed by atoms with Crippen molar-refractivity contribution in [2.75, 3.05) is 18.5 Å². The molecule has 4 nitrogen and oxygen atoms in total. The van der Waals surface area contributed by atoms with Crippen molar-refractivity contribution >= 4 is 11.7 Å². The zero-order valence-corrected chi connectivity index (χ0v) is 10.1. The maximum absolute atomic E-state index is 10.6. The van der Waals surface area contributed by atoms with E-state index in [0.717, 1.165) is 11.4 Å². The van der Waals surface area contributed by atoms with Crippen molar-refractivity contribution in [2.45, 2.75) is 13.8 Å². The van der Waals surface area contributed by atoms with Crippen LogP contribution in [0.1, 0.15) is 13.8 Å². The van der Waals surface area contributed by atoms with Gasteiger partial charge in [-0.1, -0.05) is 18.2 Å².